The SMILES string of the molecule is COCCNC(=O)CCNC(=O)C(C)C1CCCC(N)C1. The molecule has 0 aliphatic heterocycles. The van der Waals surface area contributed by atoms with Crippen molar-refractivity contribution in [3.63, 3.8) is 0 Å². The van der Waals surface area contributed by atoms with Gasteiger partial charge in [-0.15, -0.1) is 0 Å². The fourth-order valence-corrected chi connectivity index (χ4v) is 2.78. The number of carbonyl (C=O) groups is 2. The summed E-state index contributed by atoms with van der Waals surface area (Å²) in [6, 6.07) is 0.227. The van der Waals surface area contributed by atoms with Crippen LogP contribution in [0.15, 0.2) is 0 Å². The fourth-order valence-electron chi connectivity index (χ4n) is 2.78. The van der Waals surface area contributed by atoms with E-state index in [0.29, 0.717) is 32.0 Å². The van der Waals surface area contributed by atoms with Gasteiger partial charge in [-0.25, -0.2) is 0 Å². The van der Waals surface area contributed by atoms with E-state index in [9.17, 15) is 9.59 Å². The van der Waals surface area contributed by atoms with Crippen molar-refractivity contribution >= 4 is 11.8 Å². The Hall–Kier alpha value is -1.14. The molecule has 4 N–H and O–H groups in total. The maximum atomic E-state index is 12.1. The third-order valence-corrected chi connectivity index (χ3v) is 4.16. The van der Waals surface area contributed by atoms with Gasteiger partial charge in [0.05, 0.1) is 6.61 Å². The minimum atomic E-state index is -0.0697. The summed E-state index contributed by atoms with van der Waals surface area (Å²) in [7, 11) is 1.59. The van der Waals surface area contributed by atoms with Crippen LogP contribution in [0.25, 0.3) is 0 Å². The van der Waals surface area contributed by atoms with Crippen LogP contribution >= 0.6 is 0 Å². The first kappa shape index (κ1) is 17.9. The van der Waals surface area contributed by atoms with Crippen LogP contribution < -0.4 is 16.4 Å². The van der Waals surface area contributed by atoms with E-state index in [-0.39, 0.29) is 23.8 Å². The largest absolute Gasteiger partial charge is 0.383 e. The molecular formula is C15H29N3O3. The number of carbonyl (C=O) groups excluding carboxylic acids is 2. The first-order valence-corrected chi connectivity index (χ1v) is 7.83. The summed E-state index contributed by atoms with van der Waals surface area (Å²) in [5.41, 5.74) is 5.97. The van der Waals surface area contributed by atoms with Gasteiger partial charge in [-0.05, 0) is 25.2 Å². The number of rotatable bonds is 8. The van der Waals surface area contributed by atoms with Crippen LogP contribution in [0.1, 0.15) is 39.0 Å². The Morgan fingerprint density at radius 1 is 1.29 bits per heavy atom. The number of hydrogen-bond donors (Lipinski definition) is 3. The topological polar surface area (TPSA) is 93.5 Å². The van der Waals surface area contributed by atoms with E-state index >= 15 is 0 Å². The van der Waals surface area contributed by atoms with Crippen molar-refractivity contribution in [3.8, 4) is 0 Å². The fraction of sp³-hybridized carbons (Fsp3) is 0.867. The molecule has 0 aromatic carbocycles. The van der Waals surface area contributed by atoms with E-state index in [4.69, 9.17) is 10.5 Å². The van der Waals surface area contributed by atoms with Gasteiger partial charge in [0.15, 0.2) is 0 Å². The third kappa shape index (κ3) is 6.91. The van der Waals surface area contributed by atoms with Crippen molar-refractivity contribution in [1.29, 1.82) is 0 Å². The Kier molecular flexibility index (Phi) is 8.30. The van der Waals surface area contributed by atoms with Gasteiger partial charge < -0.3 is 21.1 Å². The minimum Gasteiger partial charge on any atom is -0.383 e. The molecule has 0 spiro atoms. The molecule has 6 heteroatoms. The van der Waals surface area contributed by atoms with E-state index in [1.807, 2.05) is 6.92 Å². The highest BCUT2D eigenvalue weighted by atomic mass is 16.5. The smallest absolute Gasteiger partial charge is 0.223 e. The monoisotopic (exact) mass is 299 g/mol. The van der Waals surface area contributed by atoms with Crippen molar-refractivity contribution in [1.82, 2.24) is 10.6 Å². The molecule has 21 heavy (non-hydrogen) atoms. The zero-order valence-corrected chi connectivity index (χ0v) is 13.2. The molecular weight excluding hydrogens is 270 g/mol. The van der Waals surface area contributed by atoms with Crippen LogP contribution in [0.4, 0.5) is 0 Å². The van der Waals surface area contributed by atoms with Crippen LogP contribution in [-0.4, -0.2) is 44.7 Å². The summed E-state index contributed by atoms with van der Waals surface area (Å²) in [5.74, 6) is 0.288. The third-order valence-electron chi connectivity index (χ3n) is 4.16. The van der Waals surface area contributed by atoms with Crippen LogP contribution in [0, 0.1) is 11.8 Å². The van der Waals surface area contributed by atoms with Gasteiger partial charge in [0.25, 0.3) is 0 Å². The van der Waals surface area contributed by atoms with Crippen LogP contribution in [0.5, 0.6) is 0 Å². The molecule has 122 valence electrons. The van der Waals surface area contributed by atoms with E-state index in [1.165, 1.54) is 0 Å². The number of methoxy groups -OCH3 is 1. The van der Waals surface area contributed by atoms with E-state index < -0.39 is 0 Å². The highest BCUT2D eigenvalue weighted by Crippen LogP contribution is 2.29. The number of ether oxygens (including phenoxy) is 1. The first-order chi connectivity index (χ1) is 10.0. The molecule has 3 unspecified atom stereocenters. The normalized spacial score (nSPS) is 23.4. The Bertz CT molecular complexity index is 336. The van der Waals surface area contributed by atoms with Gasteiger partial charge >= 0.3 is 0 Å². The lowest BCUT2D eigenvalue weighted by atomic mass is 9.78. The molecule has 0 bridgehead atoms. The molecule has 2 amide bonds. The van der Waals surface area contributed by atoms with Gasteiger partial charge in [-0.1, -0.05) is 13.3 Å². The van der Waals surface area contributed by atoms with Gasteiger partial charge in [-0.2, -0.15) is 0 Å². The standard InChI is InChI=1S/C15H29N3O3/c1-11(12-4-3-5-13(16)10-12)15(20)18-7-6-14(19)17-8-9-21-2/h11-13H,3-10,16H2,1-2H3,(H,17,19)(H,18,20). The number of amides is 2. The van der Waals surface area contributed by atoms with Crippen molar-refractivity contribution in [2.45, 2.75) is 45.1 Å². The Balaban J connectivity index is 2.19. The first-order valence-electron chi connectivity index (χ1n) is 7.83. The molecule has 3 atom stereocenters. The predicted octanol–water partition coefficient (Wildman–Crippen LogP) is 0.409. The summed E-state index contributed by atoms with van der Waals surface area (Å²) in [4.78, 5) is 23.6. The molecule has 1 saturated carbocycles. The van der Waals surface area contributed by atoms with Crippen molar-refractivity contribution in [3.05, 3.63) is 0 Å². The predicted molar refractivity (Wildman–Crippen MR) is 81.6 cm³/mol. The highest BCUT2D eigenvalue weighted by molar-refractivity contribution is 5.80. The molecule has 0 saturated heterocycles. The van der Waals surface area contributed by atoms with Gasteiger partial charge in [-0.3, -0.25) is 9.59 Å². The van der Waals surface area contributed by atoms with E-state index in [2.05, 4.69) is 10.6 Å². The molecule has 1 aliphatic carbocycles. The van der Waals surface area contributed by atoms with Crippen LogP contribution in [0.3, 0.4) is 0 Å². The lowest BCUT2D eigenvalue weighted by Crippen LogP contribution is -2.39. The molecule has 1 rings (SSSR count). The maximum Gasteiger partial charge on any atom is 0.223 e. The average Bonchev–Trinajstić information content (AvgIpc) is 2.46. The molecule has 0 radical (unpaired) electrons. The van der Waals surface area contributed by atoms with Gasteiger partial charge in [0.1, 0.15) is 0 Å². The van der Waals surface area contributed by atoms with E-state index in [1.54, 1.807) is 7.11 Å². The Morgan fingerprint density at radius 2 is 2.05 bits per heavy atom. The molecule has 0 heterocycles. The van der Waals surface area contributed by atoms with Crippen molar-refractivity contribution in [2.24, 2.45) is 17.6 Å². The Labute approximate surface area is 127 Å². The second-order valence-corrected chi connectivity index (χ2v) is 5.86. The Morgan fingerprint density at radius 3 is 2.71 bits per heavy atom. The summed E-state index contributed by atoms with van der Waals surface area (Å²) >= 11 is 0. The van der Waals surface area contributed by atoms with Crippen molar-refractivity contribution in [2.75, 3.05) is 26.8 Å². The van der Waals surface area contributed by atoms with Crippen LogP contribution in [0.2, 0.25) is 0 Å². The molecule has 1 fully saturated rings. The zero-order valence-electron chi connectivity index (χ0n) is 13.2. The quantitative estimate of drug-likeness (QED) is 0.566. The average molecular weight is 299 g/mol. The summed E-state index contributed by atoms with van der Waals surface area (Å²) in [5, 5.41) is 5.57. The zero-order chi connectivity index (χ0) is 15.7. The molecule has 6 nitrogen and oxygen atoms in total. The number of nitrogens with one attached hydrogen (secondary N) is 2. The molecule has 1 aliphatic rings. The van der Waals surface area contributed by atoms with Crippen molar-refractivity contribution < 1.29 is 14.3 Å². The highest BCUT2D eigenvalue weighted by Gasteiger charge is 2.28. The van der Waals surface area contributed by atoms with E-state index in [0.717, 1.165) is 25.7 Å². The summed E-state index contributed by atoms with van der Waals surface area (Å²) in [6.07, 6.45) is 4.45. The summed E-state index contributed by atoms with van der Waals surface area (Å²) in [6.45, 7) is 3.33. The summed E-state index contributed by atoms with van der Waals surface area (Å²) < 4.78 is 4.85. The van der Waals surface area contributed by atoms with Crippen LogP contribution in [-0.2, 0) is 14.3 Å². The van der Waals surface area contributed by atoms with Gasteiger partial charge in [0, 0.05) is 38.6 Å². The number of hydrogen-bond acceptors (Lipinski definition) is 4. The maximum absolute atomic E-state index is 12.1. The van der Waals surface area contributed by atoms with Gasteiger partial charge in [0.2, 0.25) is 11.8 Å². The lowest BCUT2D eigenvalue weighted by Gasteiger charge is -2.30. The molecule has 0 aromatic heterocycles. The second kappa shape index (κ2) is 9.73. The lowest BCUT2D eigenvalue weighted by molar-refractivity contribution is -0.126. The molecule has 0 aromatic rings. The minimum absolute atomic E-state index is 0.0267. The number of nitrogens with two attached hydrogens (primary N) is 1. The second-order valence-electron chi connectivity index (χ2n) is 5.86.